The van der Waals surface area contributed by atoms with Crippen molar-refractivity contribution in [3.8, 4) is 0 Å². The summed E-state index contributed by atoms with van der Waals surface area (Å²) in [6, 6.07) is 6.69. The Kier molecular flexibility index (Phi) is 4.83. The molecule has 1 fully saturated rings. The van der Waals surface area contributed by atoms with E-state index in [0.717, 1.165) is 12.8 Å². The van der Waals surface area contributed by atoms with Gasteiger partial charge in [0, 0.05) is 12.2 Å². The van der Waals surface area contributed by atoms with Crippen LogP contribution in [0.25, 0.3) is 0 Å². The third-order valence-electron chi connectivity index (χ3n) is 4.09. The van der Waals surface area contributed by atoms with E-state index in [1.807, 2.05) is 0 Å². The van der Waals surface area contributed by atoms with Crippen LogP contribution in [0.4, 0.5) is 10.5 Å². The lowest BCUT2D eigenvalue weighted by atomic mass is 9.89. The molecule has 3 N–H and O–H groups in total. The maximum atomic E-state index is 12.0. The van der Waals surface area contributed by atoms with Crippen molar-refractivity contribution in [2.75, 3.05) is 11.9 Å². The molecular weight excluding hydrogens is 268 g/mol. The van der Waals surface area contributed by atoms with Crippen LogP contribution in [-0.4, -0.2) is 23.7 Å². The third-order valence-corrected chi connectivity index (χ3v) is 4.09. The van der Waals surface area contributed by atoms with Crippen molar-refractivity contribution in [1.29, 1.82) is 0 Å². The second-order valence-electron chi connectivity index (χ2n) is 6.05. The lowest BCUT2D eigenvalue weighted by Gasteiger charge is -2.23. The van der Waals surface area contributed by atoms with Crippen LogP contribution >= 0.6 is 0 Å². The molecule has 1 saturated carbocycles. The number of amides is 2. The number of benzene rings is 1. The fourth-order valence-corrected chi connectivity index (χ4v) is 2.82. The number of carboxylic acids is 1. The van der Waals surface area contributed by atoms with Gasteiger partial charge in [0.1, 0.15) is 0 Å². The van der Waals surface area contributed by atoms with Gasteiger partial charge in [-0.15, -0.1) is 0 Å². The summed E-state index contributed by atoms with van der Waals surface area (Å²) in [7, 11) is 0. The zero-order chi connectivity index (χ0) is 15.3. The average Bonchev–Trinajstić information content (AvgIpc) is 2.86. The maximum Gasteiger partial charge on any atom is 0.319 e. The van der Waals surface area contributed by atoms with Gasteiger partial charge in [-0.25, -0.2) is 4.79 Å². The van der Waals surface area contributed by atoms with Gasteiger partial charge in [-0.05, 0) is 29.9 Å². The first-order chi connectivity index (χ1) is 9.98. The molecule has 0 unspecified atom stereocenters. The molecule has 2 rings (SSSR count). The predicted octanol–water partition coefficient (Wildman–Crippen LogP) is 3.02. The molecule has 0 heterocycles. The van der Waals surface area contributed by atoms with Crippen LogP contribution in [-0.2, 0) is 11.2 Å². The van der Waals surface area contributed by atoms with Crippen LogP contribution < -0.4 is 10.6 Å². The van der Waals surface area contributed by atoms with Gasteiger partial charge in [0.2, 0.25) is 0 Å². The Morgan fingerprint density at radius 1 is 1.24 bits per heavy atom. The van der Waals surface area contributed by atoms with Gasteiger partial charge in [-0.1, -0.05) is 38.0 Å². The number of aliphatic carboxylic acids is 1. The summed E-state index contributed by atoms with van der Waals surface area (Å²) in [6.45, 7) is 2.85. The Labute approximate surface area is 124 Å². The van der Waals surface area contributed by atoms with E-state index in [2.05, 4.69) is 17.6 Å². The lowest BCUT2D eigenvalue weighted by Crippen LogP contribution is -2.37. The van der Waals surface area contributed by atoms with E-state index in [-0.39, 0.29) is 17.9 Å². The number of nitrogens with one attached hydrogen (secondary N) is 2. The normalized spacial score (nSPS) is 16.4. The number of carboxylic acid groups (broad SMARTS) is 1. The Bertz CT molecular complexity index is 522. The van der Waals surface area contributed by atoms with Crippen molar-refractivity contribution in [2.24, 2.45) is 5.41 Å². The fraction of sp³-hybridized carbons (Fsp3) is 0.500. The fourth-order valence-electron chi connectivity index (χ4n) is 2.82. The largest absolute Gasteiger partial charge is 0.481 e. The Hall–Kier alpha value is -2.04. The van der Waals surface area contributed by atoms with E-state index < -0.39 is 5.97 Å². The summed E-state index contributed by atoms with van der Waals surface area (Å²) in [4.78, 5) is 22.8. The molecule has 0 bridgehead atoms. The van der Waals surface area contributed by atoms with Crippen molar-refractivity contribution in [3.63, 3.8) is 0 Å². The molecule has 2 amide bonds. The van der Waals surface area contributed by atoms with Gasteiger partial charge in [-0.3, -0.25) is 4.79 Å². The Balaban J connectivity index is 1.91. The molecule has 114 valence electrons. The molecular formula is C16H22N2O3. The highest BCUT2D eigenvalue weighted by Crippen LogP contribution is 2.36. The zero-order valence-electron chi connectivity index (χ0n) is 12.3. The number of anilines is 1. The second kappa shape index (κ2) is 6.61. The number of hydrogen-bond acceptors (Lipinski definition) is 2. The van der Waals surface area contributed by atoms with Gasteiger partial charge >= 0.3 is 12.0 Å². The molecule has 0 saturated heterocycles. The van der Waals surface area contributed by atoms with Crippen LogP contribution in [0.5, 0.6) is 0 Å². The summed E-state index contributed by atoms with van der Waals surface area (Å²) < 4.78 is 0. The van der Waals surface area contributed by atoms with E-state index in [1.54, 1.807) is 24.3 Å². The van der Waals surface area contributed by atoms with Crippen LogP contribution in [0.1, 0.15) is 38.2 Å². The number of para-hydroxylation sites is 1. The highest BCUT2D eigenvalue weighted by molar-refractivity contribution is 5.90. The average molecular weight is 290 g/mol. The Morgan fingerprint density at radius 3 is 2.57 bits per heavy atom. The van der Waals surface area contributed by atoms with E-state index in [1.165, 1.54) is 12.8 Å². The molecule has 1 aromatic rings. The predicted molar refractivity (Wildman–Crippen MR) is 81.4 cm³/mol. The summed E-state index contributed by atoms with van der Waals surface area (Å²) in [6.07, 6.45) is 4.63. The molecule has 1 aromatic carbocycles. The van der Waals surface area contributed by atoms with Crippen molar-refractivity contribution in [2.45, 2.75) is 39.0 Å². The summed E-state index contributed by atoms with van der Waals surface area (Å²) in [5.41, 5.74) is 1.35. The SMILES string of the molecule is CC1(CNC(=O)Nc2ccccc2CC(=O)O)CCCC1. The minimum atomic E-state index is -0.914. The number of carbonyl (C=O) groups excluding carboxylic acids is 1. The molecule has 1 aliphatic carbocycles. The zero-order valence-corrected chi connectivity index (χ0v) is 12.3. The first-order valence-corrected chi connectivity index (χ1v) is 7.33. The van der Waals surface area contributed by atoms with E-state index in [0.29, 0.717) is 17.8 Å². The molecule has 0 aliphatic heterocycles. The first kappa shape index (κ1) is 15.4. The number of urea groups is 1. The topological polar surface area (TPSA) is 78.4 Å². The molecule has 21 heavy (non-hydrogen) atoms. The van der Waals surface area contributed by atoms with E-state index in [9.17, 15) is 9.59 Å². The highest BCUT2D eigenvalue weighted by atomic mass is 16.4. The molecule has 0 atom stereocenters. The van der Waals surface area contributed by atoms with E-state index in [4.69, 9.17) is 5.11 Å². The van der Waals surface area contributed by atoms with Crippen LogP contribution in [0.3, 0.4) is 0 Å². The van der Waals surface area contributed by atoms with Crippen molar-refractivity contribution in [3.05, 3.63) is 29.8 Å². The molecule has 0 spiro atoms. The molecule has 1 aliphatic rings. The van der Waals surface area contributed by atoms with Crippen molar-refractivity contribution < 1.29 is 14.7 Å². The Morgan fingerprint density at radius 2 is 1.90 bits per heavy atom. The quantitative estimate of drug-likeness (QED) is 0.780. The van der Waals surface area contributed by atoms with Gasteiger partial charge in [-0.2, -0.15) is 0 Å². The van der Waals surface area contributed by atoms with Crippen molar-refractivity contribution >= 4 is 17.7 Å². The number of rotatable bonds is 5. The van der Waals surface area contributed by atoms with Gasteiger partial charge in [0.15, 0.2) is 0 Å². The monoisotopic (exact) mass is 290 g/mol. The van der Waals surface area contributed by atoms with Gasteiger partial charge < -0.3 is 15.7 Å². The van der Waals surface area contributed by atoms with E-state index >= 15 is 0 Å². The summed E-state index contributed by atoms with van der Waals surface area (Å²) >= 11 is 0. The molecule has 0 radical (unpaired) electrons. The molecule has 5 heteroatoms. The van der Waals surface area contributed by atoms with Crippen molar-refractivity contribution in [1.82, 2.24) is 5.32 Å². The summed E-state index contributed by atoms with van der Waals surface area (Å²) in [5.74, 6) is -0.914. The maximum absolute atomic E-state index is 12.0. The number of carbonyl (C=O) groups is 2. The summed E-state index contributed by atoms with van der Waals surface area (Å²) in [5, 5.41) is 14.5. The molecule has 5 nitrogen and oxygen atoms in total. The second-order valence-corrected chi connectivity index (χ2v) is 6.05. The molecule has 0 aromatic heterocycles. The van der Waals surface area contributed by atoms with Crippen LogP contribution in [0.15, 0.2) is 24.3 Å². The minimum absolute atomic E-state index is 0.103. The smallest absolute Gasteiger partial charge is 0.319 e. The lowest BCUT2D eigenvalue weighted by molar-refractivity contribution is -0.136. The van der Waals surface area contributed by atoms with Crippen LogP contribution in [0, 0.1) is 5.41 Å². The highest BCUT2D eigenvalue weighted by Gasteiger charge is 2.28. The van der Waals surface area contributed by atoms with Gasteiger partial charge in [0.05, 0.1) is 6.42 Å². The standard InChI is InChI=1S/C16H22N2O3/c1-16(8-4-5-9-16)11-17-15(21)18-13-7-3-2-6-12(13)10-14(19)20/h2-3,6-7H,4-5,8-11H2,1H3,(H,19,20)(H2,17,18,21). The first-order valence-electron chi connectivity index (χ1n) is 7.33. The third kappa shape index (κ3) is 4.48. The number of hydrogen-bond donors (Lipinski definition) is 3. The minimum Gasteiger partial charge on any atom is -0.481 e. The van der Waals surface area contributed by atoms with Crippen LogP contribution in [0.2, 0.25) is 0 Å². The van der Waals surface area contributed by atoms with Gasteiger partial charge in [0.25, 0.3) is 0 Å².